The summed E-state index contributed by atoms with van der Waals surface area (Å²) in [5.74, 6) is -0.598. The third-order valence-electron chi connectivity index (χ3n) is 6.95. The van der Waals surface area contributed by atoms with Gasteiger partial charge < -0.3 is 14.7 Å². The van der Waals surface area contributed by atoms with Crippen LogP contribution < -0.4 is 4.74 Å². The van der Waals surface area contributed by atoms with Crippen LogP contribution in [0.1, 0.15) is 60.9 Å². The van der Waals surface area contributed by atoms with Crippen molar-refractivity contribution in [3.8, 4) is 5.75 Å². The van der Waals surface area contributed by atoms with Crippen molar-refractivity contribution in [1.29, 1.82) is 0 Å². The average Bonchev–Trinajstić information content (AvgIpc) is 3.18. The summed E-state index contributed by atoms with van der Waals surface area (Å²) < 4.78 is 21.2. The van der Waals surface area contributed by atoms with Crippen molar-refractivity contribution in [1.82, 2.24) is 4.90 Å². The minimum Gasteiger partial charge on any atom is -0.487 e. The van der Waals surface area contributed by atoms with Crippen molar-refractivity contribution in [2.45, 2.75) is 64.5 Å². The maximum Gasteiger partial charge on any atom is 0.323 e. The Balaban J connectivity index is 1.38. The summed E-state index contributed by atoms with van der Waals surface area (Å²) in [6.07, 6.45) is 2.15. The molecule has 1 N–H and O–H groups in total. The number of fused-ring (bicyclic) bond motifs is 1. The third-order valence-corrected chi connectivity index (χ3v) is 7.45. The Kier molecular flexibility index (Phi) is 8.56. The molecule has 0 radical (unpaired) electrons. The van der Waals surface area contributed by atoms with E-state index in [0.29, 0.717) is 16.8 Å². The van der Waals surface area contributed by atoms with Crippen LogP contribution in [-0.4, -0.2) is 34.0 Å². The van der Waals surface area contributed by atoms with Crippen molar-refractivity contribution in [3.05, 3.63) is 98.8 Å². The predicted molar refractivity (Wildman–Crippen MR) is 149 cm³/mol. The van der Waals surface area contributed by atoms with Gasteiger partial charge in [0, 0.05) is 35.8 Å². The van der Waals surface area contributed by atoms with E-state index in [2.05, 4.69) is 67.0 Å². The molecule has 0 saturated carbocycles. The number of carboxylic acids is 1. The number of benzene rings is 3. The van der Waals surface area contributed by atoms with E-state index in [4.69, 9.17) is 4.74 Å². The topological polar surface area (TPSA) is 66.8 Å². The molecule has 1 heterocycles. The molecule has 1 aliphatic rings. The van der Waals surface area contributed by atoms with Gasteiger partial charge in [0.25, 0.3) is 0 Å². The van der Waals surface area contributed by atoms with Gasteiger partial charge in [0.1, 0.15) is 23.7 Å². The molecule has 200 valence electrons. The Morgan fingerprint density at radius 1 is 1.08 bits per heavy atom. The number of amides is 1. The lowest BCUT2D eigenvalue weighted by Gasteiger charge is -2.24. The van der Waals surface area contributed by atoms with E-state index >= 15 is 0 Å². The fourth-order valence-corrected chi connectivity index (χ4v) is 5.27. The summed E-state index contributed by atoms with van der Waals surface area (Å²) in [7, 11) is 0. The number of carbonyl (C=O) groups excluding carboxylic acids is 1. The first-order chi connectivity index (χ1) is 18.0. The molecule has 1 amide bonds. The Labute approximate surface area is 231 Å². The van der Waals surface area contributed by atoms with Crippen LogP contribution in [0.25, 0.3) is 0 Å². The van der Waals surface area contributed by atoms with Crippen LogP contribution in [0.5, 0.6) is 5.75 Å². The van der Waals surface area contributed by atoms with E-state index < -0.39 is 18.3 Å². The first kappa shape index (κ1) is 27.8. The van der Waals surface area contributed by atoms with Crippen LogP contribution in [0, 0.1) is 5.82 Å². The summed E-state index contributed by atoms with van der Waals surface area (Å²) in [5.41, 5.74) is 4.57. The molecule has 1 aliphatic heterocycles. The smallest absolute Gasteiger partial charge is 0.323 e. The number of aliphatic carboxylic acids is 1. The van der Waals surface area contributed by atoms with Crippen LogP contribution >= 0.6 is 15.9 Å². The molecule has 0 unspecified atom stereocenters. The van der Waals surface area contributed by atoms with Gasteiger partial charge in [-0.2, -0.15) is 0 Å². The van der Waals surface area contributed by atoms with E-state index in [1.54, 1.807) is 12.1 Å². The highest BCUT2D eigenvalue weighted by Gasteiger charge is 2.35. The van der Waals surface area contributed by atoms with Crippen LogP contribution in [0.15, 0.2) is 65.1 Å². The zero-order valence-electron chi connectivity index (χ0n) is 22.0. The molecule has 7 heteroatoms. The number of carboxylic acid groups (broad SMARTS) is 1. The van der Waals surface area contributed by atoms with E-state index in [1.807, 2.05) is 12.1 Å². The van der Waals surface area contributed by atoms with E-state index in [9.17, 15) is 19.1 Å². The van der Waals surface area contributed by atoms with Crippen LogP contribution in [0.2, 0.25) is 0 Å². The Morgan fingerprint density at radius 2 is 1.79 bits per heavy atom. The normalized spacial score (nSPS) is 16.3. The number of hydrogen-bond acceptors (Lipinski definition) is 3. The molecule has 4 rings (SSSR count). The highest BCUT2D eigenvalue weighted by molar-refractivity contribution is 9.10. The van der Waals surface area contributed by atoms with Crippen molar-refractivity contribution >= 4 is 27.8 Å². The van der Waals surface area contributed by atoms with Gasteiger partial charge in [-0.25, -0.2) is 4.39 Å². The largest absolute Gasteiger partial charge is 0.487 e. The fraction of sp³-hybridized carbons (Fsp3) is 0.355. The van der Waals surface area contributed by atoms with E-state index in [1.165, 1.54) is 22.1 Å². The minimum atomic E-state index is -1.14. The average molecular weight is 583 g/mol. The molecule has 0 spiro atoms. The summed E-state index contributed by atoms with van der Waals surface area (Å²) in [6, 6.07) is 19.2. The molecule has 1 atom stereocenters. The number of ether oxygens (including phenoxy) is 1. The second-order valence-corrected chi connectivity index (χ2v) is 11.5. The van der Waals surface area contributed by atoms with Gasteiger partial charge in [-0.05, 0) is 59.7 Å². The third kappa shape index (κ3) is 7.01. The van der Waals surface area contributed by atoms with Crippen LogP contribution in [0.4, 0.5) is 4.39 Å². The molecule has 0 aromatic heterocycles. The van der Waals surface area contributed by atoms with Crippen molar-refractivity contribution in [2.24, 2.45) is 0 Å². The number of hydrogen-bond donors (Lipinski definition) is 1. The predicted octanol–water partition coefficient (Wildman–Crippen LogP) is 6.69. The van der Waals surface area contributed by atoms with Gasteiger partial charge in [0.2, 0.25) is 5.91 Å². The Bertz CT molecular complexity index is 1320. The molecular formula is C31H33BrFNO4. The highest BCUT2D eigenvalue weighted by Crippen LogP contribution is 2.38. The number of halogens is 2. The molecular weight excluding hydrogens is 549 g/mol. The molecule has 38 heavy (non-hydrogen) atoms. The van der Waals surface area contributed by atoms with Gasteiger partial charge in [-0.1, -0.05) is 72.2 Å². The van der Waals surface area contributed by atoms with Gasteiger partial charge in [-0.15, -0.1) is 0 Å². The monoisotopic (exact) mass is 581 g/mol. The summed E-state index contributed by atoms with van der Waals surface area (Å²) >= 11 is 3.21. The lowest BCUT2D eigenvalue weighted by atomic mass is 9.90. The lowest BCUT2D eigenvalue weighted by molar-refractivity contribution is -0.144. The minimum absolute atomic E-state index is 0.0984. The fourth-order valence-electron chi connectivity index (χ4n) is 4.94. The van der Waals surface area contributed by atoms with Gasteiger partial charge >= 0.3 is 5.97 Å². The molecule has 5 nitrogen and oxygen atoms in total. The van der Waals surface area contributed by atoms with Crippen molar-refractivity contribution < 1.29 is 23.8 Å². The second kappa shape index (κ2) is 11.7. The second-order valence-electron chi connectivity index (χ2n) is 10.6. The zero-order chi connectivity index (χ0) is 27.4. The molecule has 0 fully saturated rings. The molecule has 0 saturated heterocycles. The Hall–Kier alpha value is -3.19. The molecule has 3 aromatic rings. The molecule has 0 aliphatic carbocycles. The van der Waals surface area contributed by atoms with Crippen LogP contribution in [-0.2, 0) is 35.4 Å². The lowest BCUT2D eigenvalue weighted by Crippen LogP contribution is -2.35. The number of rotatable bonds is 10. The van der Waals surface area contributed by atoms with Crippen LogP contribution in [0.3, 0.4) is 0 Å². The van der Waals surface area contributed by atoms with E-state index in [0.717, 1.165) is 29.7 Å². The quantitative estimate of drug-likeness (QED) is 0.289. The summed E-state index contributed by atoms with van der Waals surface area (Å²) in [6.45, 7) is 5.91. The maximum absolute atomic E-state index is 14.3. The SMILES string of the molecule is CC(C)c1ccc(C[C@]2(C)Cc3cc(CCC(=O)N(CC(=O)O)Cc4ccc(Br)cc4F)ccc3O2)cc1. The van der Waals surface area contributed by atoms with E-state index in [-0.39, 0.29) is 30.0 Å². The number of carbonyl (C=O) groups is 2. The van der Waals surface area contributed by atoms with Crippen molar-refractivity contribution in [3.63, 3.8) is 0 Å². The maximum atomic E-state index is 14.3. The van der Waals surface area contributed by atoms with Gasteiger partial charge in [0.15, 0.2) is 0 Å². The zero-order valence-corrected chi connectivity index (χ0v) is 23.6. The first-order valence-corrected chi connectivity index (χ1v) is 13.6. The molecule has 3 aromatic carbocycles. The first-order valence-electron chi connectivity index (χ1n) is 12.8. The number of aryl methyl sites for hydroxylation is 1. The summed E-state index contributed by atoms with van der Waals surface area (Å²) in [4.78, 5) is 25.5. The van der Waals surface area contributed by atoms with Gasteiger partial charge in [-0.3, -0.25) is 9.59 Å². The summed E-state index contributed by atoms with van der Waals surface area (Å²) in [5, 5.41) is 9.30. The Morgan fingerprint density at radius 3 is 2.45 bits per heavy atom. The molecule has 0 bridgehead atoms. The standard InChI is InChI=1S/C31H33BrFNO4/c1-20(2)23-8-4-22(5-9-23)16-31(3)17-25-14-21(6-12-28(25)38-31)7-13-29(35)34(19-30(36)37)18-24-10-11-26(32)15-27(24)33/h4-6,8-12,14-15,20H,7,13,16-19H2,1-3H3,(H,36,37)/t31-/m1/s1. The van der Waals surface area contributed by atoms with Gasteiger partial charge in [0.05, 0.1) is 0 Å². The van der Waals surface area contributed by atoms with Crippen molar-refractivity contribution in [2.75, 3.05) is 6.54 Å². The number of nitrogens with zero attached hydrogens (tertiary/aromatic N) is 1. The highest BCUT2D eigenvalue weighted by atomic mass is 79.9.